The molecule has 41 heavy (non-hydrogen) atoms. The minimum atomic E-state index is -1.18. The fourth-order valence-electron chi connectivity index (χ4n) is 5.26. The number of rotatable bonds is 6. The number of amides is 1. The van der Waals surface area contributed by atoms with Gasteiger partial charge in [0.2, 0.25) is 5.95 Å². The van der Waals surface area contributed by atoms with Gasteiger partial charge in [-0.15, -0.1) is 0 Å². The zero-order valence-electron chi connectivity index (χ0n) is 23.2. The molecule has 1 fully saturated rings. The van der Waals surface area contributed by atoms with Crippen molar-refractivity contribution in [2.45, 2.75) is 26.4 Å². The van der Waals surface area contributed by atoms with Gasteiger partial charge in [0.25, 0.3) is 0 Å². The van der Waals surface area contributed by atoms with Crippen molar-refractivity contribution in [3.05, 3.63) is 94.9 Å². The average molecular weight is 561 g/mol. The maximum absolute atomic E-state index is 12.5. The smallest absolute Gasteiger partial charge is 0.545 e. The second-order valence-electron chi connectivity index (χ2n) is 10.0. The molecule has 0 saturated carbocycles. The Morgan fingerprint density at radius 2 is 1.80 bits per heavy atom. The van der Waals surface area contributed by atoms with Gasteiger partial charge in [-0.05, 0) is 55.2 Å². The Morgan fingerprint density at radius 1 is 1.02 bits per heavy atom. The maximum atomic E-state index is 12.5. The standard InChI is InChI=1S/C30H30N6O4.Na/c1-20-17-23(34-13-15-35(16-14-34)30(39)40-19-21-5-3-2-4-6-21)8-9-25(20)32-29-31-18-22-7-10-26-24(28(37)38)11-12-36(26)27(22)33-29;/h2-6,8-9,11-12,17-18H,7,10,13-16,19H2,1H3,(H,37,38)(H,31,32,33);/q;+1/p-1. The number of carbonyl (C=O) groups is 2. The molecule has 2 aromatic heterocycles. The van der Waals surface area contributed by atoms with Gasteiger partial charge >= 0.3 is 35.7 Å². The molecular weight excluding hydrogens is 531 g/mol. The van der Waals surface area contributed by atoms with E-state index in [1.807, 2.05) is 54.0 Å². The molecule has 1 amide bonds. The van der Waals surface area contributed by atoms with E-state index >= 15 is 0 Å². The van der Waals surface area contributed by atoms with Crippen molar-refractivity contribution in [3.63, 3.8) is 0 Å². The van der Waals surface area contributed by atoms with Crippen molar-refractivity contribution < 1.29 is 49.0 Å². The van der Waals surface area contributed by atoms with E-state index in [4.69, 9.17) is 9.72 Å². The zero-order chi connectivity index (χ0) is 27.6. The van der Waals surface area contributed by atoms with Gasteiger partial charge in [0.1, 0.15) is 12.4 Å². The number of fused-ring (bicyclic) bond motifs is 3. The van der Waals surface area contributed by atoms with Gasteiger partial charge < -0.3 is 34.3 Å². The number of ether oxygens (including phenoxy) is 1. The summed E-state index contributed by atoms with van der Waals surface area (Å²) in [4.78, 5) is 37.2. The predicted octanol–water partition coefficient (Wildman–Crippen LogP) is 0.244. The topological polar surface area (TPSA) is 116 Å². The zero-order valence-corrected chi connectivity index (χ0v) is 25.2. The van der Waals surface area contributed by atoms with Crippen molar-refractivity contribution in [1.29, 1.82) is 0 Å². The molecule has 0 spiro atoms. The summed E-state index contributed by atoms with van der Waals surface area (Å²) in [6.07, 6.45) is 4.50. The van der Waals surface area contributed by atoms with Crippen LogP contribution >= 0.6 is 0 Å². The molecule has 2 aliphatic rings. The number of aromatic carboxylic acids is 1. The molecule has 0 unspecified atom stereocenters. The molecule has 6 rings (SSSR count). The van der Waals surface area contributed by atoms with Gasteiger partial charge in [-0.2, -0.15) is 4.98 Å². The van der Waals surface area contributed by atoms with Crippen LogP contribution in [0.15, 0.2) is 67.0 Å². The number of nitrogens with zero attached hydrogens (tertiary/aromatic N) is 5. The summed E-state index contributed by atoms with van der Waals surface area (Å²) in [6, 6.07) is 17.4. The fraction of sp³-hybridized carbons (Fsp3) is 0.267. The van der Waals surface area contributed by atoms with Crippen molar-refractivity contribution in [3.8, 4) is 5.82 Å². The van der Waals surface area contributed by atoms with E-state index in [0.717, 1.165) is 28.1 Å². The van der Waals surface area contributed by atoms with E-state index < -0.39 is 5.97 Å². The summed E-state index contributed by atoms with van der Waals surface area (Å²) in [5.41, 5.74) is 5.83. The number of aryl methyl sites for hydroxylation is 2. The molecule has 10 nitrogen and oxygen atoms in total. The van der Waals surface area contributed by atoms with Crippen LogP contribution in [0, 0.1) is 6.92 Å². The molecule has 4 heterocycles. The average Bonchev–Trinajstić information content (AvgIpc) is 3.43. The molecule has 0 aliphatic carbocycles. The minimum absolute atomic E-state index is 0. The van der Waals surface area contributed by atoms with E-state index in [9.17, 15) is 14.7 Å². The summed E-state index contributed by atoms with van der Waals surface area (Å²) in [7, 11) is 0. The second kappa shape index (κ2) is 12.3. The largest absolute Gasteiger partial charge is 1.00 e. The summed E-state index contributed by atoms with van der Waals surface area (Å²) in [6.45, 7) is 4.92. The molecule has 2 aromatic carbocycles. The summed E-state index contributed by atoms with van der Waals surface area (Å²) in [5, 5.41) is 14.8. The summed E-state index contributed by atoms with van der Waals surface area (Å²) < 4.78 is 7.29. The number of carboxylic acids is 1. The van der Waals surface area contributed by atoms with Crippen LogP contribution in [-0.4, -0.2) is 57.7 Å². The van der Waals surface area contributed by atoms with Gasteiger partial charge in [0, 0.05) is 66.8 Å². The Labute approximate surface area is 260 Å². The number of anilines is 3. The first-order chi connectivity index (χ1) is 19.5. The normalized spacial score (nSPS) is 14.0. The molecule has 0 bridgehead atoms. The molecule has 2 aliphatic heterocycles. The van der Waals surface area contributed by atoms with E-state index in [1.54, 1.807) is 23.4 Å². The summed E-state index contributed by atoms with van der Waals surface area (Å²) in [5.74, 6) is -0.0563. The number of benzene rings is 2. The number of carbonyl (C=O) groups excluding carboxylic acids is 2. The molecule has 0 radical (unpaired) electrons. The fourth-order valence-corrected chi connectivity index (χ4v) is 5.26. The molecular formula is C30H29N6NaO4. The van der Waals surface area contributed by atoms with Crippen LogP contribution in [-0.2, 0) is 24.2 Å². The number of nitrogens with one attached hydrogen (secondary N) is 1. The molecule has 4 aromatic rings. The van der Waals surface area contributed by atoms with E-state index in [1.165, 1.54) is 0 Å². The van der Waals surface area contributed by atoms with E-state index in [0.29, 0.717) is 56.5 Å². The van der Waals surface area contributed by atoms with Gasteiger partial charge in [-0.3, -0.25) is 0 Å². The predicted molar refractivity (Wildman–Crippen MR) is 148 cm³/mol. The molecule has 204 valence electrons. The molecule has 11 heteroatoms. The van der Waals surface area contributed by atoms with Crippen LogP contribution < -0.4 is 44.9 Å². The molecule has 0 atom stereocenters. The van der Waals surface area contributed by atoms with Crippen molar-refractivity contribution in [1.82, 2.24) is 19.4 Å². The SMILES string of the molecule is Cc1cc(N2CCN(C(=O)OCc3ccccc3)CC2)ccc1Nc1ncc2c(n1)-n1ccc(C(=O)[O-])c1CC2.[Na+]. The van der Waals surface area contributed by atoms with Crippen molar-refractivity contribution >= 4 is 29.4 Å². The first kappa shape index (κ1) is 28.7. The third-order valence-electron chi connectivity index (χ3n) is 7.48. The first-order valence-electron chi connectivity index (χ1n) is 13.3. The minimum Gasteiger partial charge on any atom is -0.545 e. The quantitative estimate of drug-likeness (QED) is 0.334. The third kappa shape index (κ3) is 6.09. The monoisotopic (exact) mass is 560 g/mol. The van der Waals surface area contributed by atoms with Gasteiger partial charge in [0.15, 0.2) is 0 Å². The Hall–Kier alpha value is -3.86. The Balaban J connectivity index is 0.00000337. The maximum Gasteiger partial charge on any atom is 1.00 e. The van der Waals surface area contributed by atoms with E-state index in [-0.39, 0.29) is 47.8 Å². The van der Waals surface area contributed by atoms with Crippen LogP contribution in [0.2, 0.25) is 0 Å². The summed E-state index contributed by atoms with van der Waals surface area (Å²) >= 11 is 0. The van der Waals surface area contributed by atoms with Gasteiger partial charge in [0.05, 0.1) is 5.97 Å². The van der Waals surface area contributed by atoms with Crippen LogP contribution in [0.3, 0.4) is 0 Å². The Kier molecular flexibility index (Phi) is 8.63. The molecule has 1 N–H and O–H groups in total. The van der Waals surface area contributed by atoms with Crippen LogP contribution in [0.5, 0.6) is 0 Å². The van der Waals surface area contributed by atoms with Crippen molar-refractivity contribution in [2.75, 3.05) is 36.4 Å². The van der Waals surface area contributed by atoms with E-state index in [2.05, 4.69) is 21.3 Å². The van der Waals surface area contributed by atoms with Crippen LogP contribution in [0.25, 0.3) is 5.82 Å². The number of carboxylic acid groups (broad SMARTS) is 1. The van der Waals surface area contributed by atoms with Crippen molar-refractivity contribution in [2.24, 2.45) is 0 Å². The van der Waals surface area contributed by atoms with Crippen LogP contribution in [0.1, 0.15) is 32.7 Å². The van der Waals surface area contributed by atoms with Crippen LogP contribution in [0.4, 0.5) is 22.1 Å². The first-order valence-corrected chi connectivity index (χ1v) is 13.3. The van der Waals surface area contributed by atoms with Gasteiger partial charge in [-0.25, -0.2) is 9.78 Å². The number of aromatic nitrogens is 3. The Bertz CT molecular complexity index is 1570. The molecule has 1 saturated heterocycles. The number of piperazine rings is 1. The third-order valence-corrected chi connectivity index (χ3v) is 7.48. The second-order valence-corrected chi connectivity index (χ2v) is 10.0. The number of hydrogen-bond acceptors (Lipinski definition) is 8. The Morgan fingerprint density at radius 3 is 2.54 bits per heavy atom. The van der Waals surface area contributed by atoms with Gasteiger partial charge in [-0.1, -0.05) is 30.3 Å². The number of hydrogen-bond donors (Lipinski definition) is 1.